The second kappa shape index (κ2) is 9.23. The van der Waals surface area contributed by atoms with Crippen LogP contribution in [0.25, 0.3) is 0 Å². The number of hydrogen-bond acceptors (Lipinski definition) is 6. The van der Waals surface area contributed by atoms with Crippen LogP contribution in [0.15, 0.2) is 42.5 Å². The van der Waals surface area contributed by atoms with Gasteiger partial charge in [0.05, 0.1) is 25.5 Å². The van der Waals surface area contributed by atoms with Crippen molar-refractivity contribution in [3.8, 4) is 11.5 Å². The Morgan fingerprint density at radius 3 is 2.22 bits per heavy atom. The van der Waals surface area contributed by atoms with Crippen molar-refractivity contribution in [1.82, 2.24) is 0 Å². The second-order valence-electron chi connectivity index (χ2n) is 5.45. The maximum atomic E-state index is 12.1. The van der Waals surface area contributed by atoms with Crippen LogP contribution in [0, 0.1) is 0 Å². The predicted molar refractivity (Wildman–Crippen MR) is 99.2 cm³/mol. The van der Waals surface area contributed by atoms with Gasteiger partial charge in [0, 0.05) is 18.7 Å². The number of nitrogens with one attached hydrogen (secondary N) is 2. The van der Waals surface area contributed by atoms with E-state index in [1.807, 2.05) is 0 Å². The zero-order valence-electron chi connectivity index (χ0n) is 15.2. The lowest BCUT2D eigenvalue weighted by atomic mass is 10.2. The molecular weight excluding hydrogens is 352 g/mol. The molecule has 0 aliphatic rings. The highest BCUT2D eigenvalue weighted by Gasteiger charge is 2.13. The SMILES string of the molecule is COc1ccc(OC)c(NC(=O)COC(=O)c2ccc(NC(C)=O)cc2)c1. The van der Waals surface area contributed by atoms with Gasteiger partial charge < -0.3 is 24.8 Å². The first-order valence-corrected chi connectivity index (χ1v) is 7.99. The second-order valence-corrected chi connectivity index (χ2v) is 5.45. The van der Waals surface area contributed by atoms with Crippen LogP contribution in [0.1, 0.15) is 17.3 Å². The van der Waals surface area contributed by atoms with Crippen LogP contribution in [0.2, 0.25) is 0 Å². The number of carbonyl (C=O) groups is 3. The summed E-state index contributed by atoms with van der Waals surface area (Å²) < 4.78 is 15.3. The Morgan fingerprint density at radius 1 is 0.926 bits per heavy atom. The van der Waals surface area contributed by atoms with E-state index in [1.54, 1.807) is 30.3 Å². The summed E-state index contributed by atoms with van der Waals surface area (Å²) in [4.78, 5) is 35.1. The van der Waals surface area contributed by atoms with Crippen molar-refractivity contribution >= 4 is 29.2 Å². The summed E-state index contributed by atoms with van der Waals surface area (Å²) in [5, 5.41) is 5.20. The lowest BCUT2D eigenvalue weighted by Gasteiger charge is -2.12. The quantitative estimate of drug-likeness (QED) is 0.724. The van der Waals surface area contributed by atoms with Gasteiger partial charge in [-0.25, -0.2) is 4.79 Å². The van der Waals surface area contributed by atoms with Gasteiger partial charge in [-0.05, 0) is 36.4 Å². The van der Waals surface area contributed by atoms with Gasteiger partial charge in [0.1, 0.15) is 11.5 Å². The van der Waals surface area contributed by atoms with Gasteiger partial charge in [-0.1, -0.05) is 0 Å². The standard InChI is InChI=1S/C19H20N2O6/c1-12(22)20-14-6-4-13(5-7-14)19(24)27-11-18(23)21-16-10-15(25-2)8-9-17(16)26-3/h4-10H,11H2,1-3H3,(H,20,22)(H,21,23). The molecule has 0 heterocycles. The number of ether oxygens (including phenoxy) is 3. The summed E-state index contributed by atoms with van der Waals surface area (Å²) in [5.41, 5.74) is 1.22. The van der Waals surface area contributed by atoms with Crippen molar-refractivity contribution in [3.63, 3.8) is 0 Å². The Kier molecular flexibility index (Phi) is 6.76. The number of anilines is 2. The maximum Gasteiger partial charge on any atom is 0.338 e. The van der Waals surface area contributed by atoms with E-state index in [0.717, 1.165) is 0 Å². The van der Waals surface area contributed by atoms with Crippen LogP contribution in [-0.4, -0.2) is 38.6 Å². The van der Waals surface area contributed by atoms with E-state index in [-0.39, 0.29) is 11.5 Å². The molecule has 2 rings (SSSR count). The molecule has 2 amide bonds. The number of amides is 2. The molecule has 2 aromatic rings. The van der Waals surface area contributed by atoms with Gasteiger partial charge >= 0.3 is 5.97 Å². The molecule has 0 atom stereocenters. The molecule has 142 valence electrons. The van der Waals surface area contributed by atoms with Crippen LogP contribution in [0.3, 0.4) is 0 Å². The lowest BCUT2D eigenvalue weighted by Crippen LogP contribution is -2.21. The molecule has 0 fully saturated rings. The Bertz CT molecular complexity index is 833. The van der Waals surface area contributed by atoms with E-state index >= 15 is 0 Å². The normalized spacial score (nSPS) is 9.89. The maximum absolute atomic E-state index is 12.1. The van der Waals surface area contributed by atoms with Gasteiger partial charge in [-0.15, -0.1) is 0 Å². The Morgan fingerprint density at radius 2 is 1.63 bits per heavy atom. The van der Waals surface area contributed by atoms with Crippen LogP contribution in [0.5, 0.6) is 11.5 Å². The third-order valence-electron chi connectivity index (χ3n) is 3.46. The molecular formula is C19H20N2O6. The highest BCUT2D eigenvalue weighted by molar-refractivity contribution is 5.97. The van der Waals surface area contributed by atoms with E-state index < -0.39 is 18.5 Å². The molecule has 8 nitrogen and oxygen atoms in total. The highest BCUT2D eigenvalue weighted by atomic mass is 16.5. The first kappa shape index (κ1) is 19.8. The molecule has 0 aromatic heterocycles. The summed E-state index contributed by atoms with van der Waals surface area (Å²) >= 11 is 0. The smallest absolute Gasteiger partial charge is 0.338 e. The van der Waals surface area contributed by atoms with Crippen molar-refractivity contribution in [1.29, 1.82) is 0 Å². The topological polar surface area (TPSA) is 103 Å². The van der Waals surface area contributed by atoms with Crippen LogP contribution >= 0.6 is 0 Å². The van der Waals surface area contributed by atoms with Crippen molar-refractivity contribution in [3.05, 3.63) is 48.0 Å². The summed E-state index contributed by atoms with van der Waals surface area (Å²) in [6.07, 6.45) is 0. The molecule has 0 bridgehead atoms. The van der Waals surface area contributed by atoms with Crippen molar-refractivity contribution in [2.24, 2.45) is 0 Å². The molecule has 0 aliphatic heterocycles. The molecule has 0 saturated carbocycles. The lowest BCUT2D eigenvalue weighted by molar-refractivity contribution is -0.119. The number of esters is 1. The zero-order valence-corrected chi connectivity index (χ0v) is 15.2. The van der Waals surface area contributed by atoms with E-state index in [1.165, 1.54) is 33.3 Å². The zero-order chi connectivity index (χ0) is 19.8. The molecule has 0 saturated heterocycles. The monoisotopic (exact) mass is 372 g/mol. The van der Waals surface area contributed by atoms with Gasteiger partial charge in [0.15, 0.2) is 6.61 Å². The third-order valence-corrected chi connectivity index (χ3v) is 3.46. The predicted octanol–water partition coefficient (Wildman–Crippen LogP) is 2.46. The van der Waals surface area contributed by atoms with Gasteiger partial charge in [0.2, 0.25) is 5.91 Å². The van der Waals surface area contributed by atoms with Crippen LogP contribution in [0.4, 0.5) is 11.4 Å². The fourth-order valence-corrected chi connectivity index (χ4v) is 2.21. The largest absolute Gasteiger partial charge is 0.497 e. The molecule has 0 radical (unpaired) electrons. The van der Waals surface area contributed by atoms with Crippen molar-refractivity contribution in [2.45, 2.75) is 6.92 Å². The fourth-order valence-electron chi connectivity index (χ4n) is 2.21. The molecule has 0 aliphatic carbocycles. The summed E-state index contributed by atoms with van der Waals surface area (Å²) in [7, 11) is 2.98. The minimum absolute atomic E-state index is 0.213. The van der Waals surface area contributed by atoms with Gasteiger partial charge in [-0.2, -0.15) is 0 Å². The molecule has 0 spiro atoms. The number of methoxy groups -OCH3 is 2. The average molecular weight is 372 g/mol. The van der Waals surface area contributed by atoms with E-state index in [9.17, 15) is 14.4 Å². The van der Waals surface area contributed by atoms with Crippen molar-refractivity contribution in [2.75, 3.05) is 31.5 Å². The van der Waals surface area contributed by atoms with Crippen LogP contribution in [-0.2, 0) is 14.3 Å². The van der Waals surface area contributed by atoms with Gasteiger partial charge in [0.25, 0.3) is 5.91 Å². The van der Waals surface area contributed by atoms with E-state index in [2.05, 4.69) is 10.6 Å². The minimum Gasteiger partial charge on any atom is -0.497 e. The average Bonchev–Trinajstić information content (AvgIpc) is 2.66. The first-order valence-electron chi connectivity index (χ1n) is 7.99. The summed E-state index contributed by atoms with van der Waals surface area (Å²) in [5.74, 6) is -0.400. The van der Waals surface area contributed by atoms with E-state index in [4.69, 9.17) is 14.2 Å². The molecule has 27 heavy (non-hydrogen) atoms. The molecule has 2 N–H and O–H groups in total. The first-order chi connectivity index (χ1) is 12.9. The number of carbonyl (C=O) groups excluding carboxylic acids is 3. The molecule has 8 heteroatoms. The highest BCUT2D eigenvalue weighted by Crippen LogP contribution is 2.28. The Hall–Kier alpha value is -3.55. The fraction of sp³-hybridized carbons (Fsp3) is 0.211. The Balaban J connectivity index is 1.93. The number of benzene rings is 2. The summed E-state index contributed by atoms with van der Waals surface area (Å²) in [6.45, 7) is 0.921. The third kappa shape index (κ3) is 5.74. The van der Waals surface area contributed by atoms with Crippen LogP contribution < -0.4 is 20.1 Å². The van der Waals surface area contributed by atoms with Crippen molar-refractivity contribution < 1.29 is 28.6 Å². The number of hydrogen-bond donors (Lipinski definition) is 2. The summed E-state index contributed by atoms with van der Waals surface area (Å²) in [6, 6.07) is 11.1. The molecule has 0 unspecified atom stereocenters. The minimum atomic E-state index is -0.655. The van der Waals surface area contributed by atoms with E-state index in [0.29, 0.717) is 22.9 Å². The number of rotatable bonds is 7. The van der Waals surface area contributed by atoms with Gasteiger partial charge in [-0.3, -0.25) is 9.59 Å². The Labute approximate surface area is 156 Å². The molecule has 2 aromatic carbocycles.